The largest absolute Gasteiger partial charge is 0.507 e. The van der Waals surface area contributed by atoms with E-state index in [0.29, 0.717) is 5.92 Å². The van der Waals surface area contributed by atoms with E-state index in [1.165, 1.54) is 6.42 Å². The summed E-state index contributed by atoms with van der Waals surface area (Å²) in [7, 11) is 0. The van der Waals surface area contributed by atoms with Crippen molar-refractivity contribution in [2.24, 2.45) is 16.4 Å². The number of hydrazone groups is 1. The number of hydrogen-bond acceptors (Lipinski definition) is 3. The molecule has 0 radical (unpaired) electrons. The van der Waals surface area contributed by atoms with Crippen molar-refractivity contribution in [2.45, 2.75) is 40.0 Å². The number of rotatable bonds is 2. The van der Waals surface area contributed by atoms with Crippen LogP contribution in [0.25, 0.3) is 10.8 Å². The number of amides is 1. The van der Waals surface area contributed by atoms with Gasteiger partial charge in [0.2, 0.25) is 0 Å². The van der Waals surface area contributed by atoms with Gasteiger partial charge in [0.25, 0.3) is 5.91 Å². The van der Waals surface area contributed by atoms with Gasteiger partial charge in [-0.2, -0.15) is 5.10 Å². The third-order valence-corrected chi connectivity index (χ3v) is 4.59. The van der Waals surface area contributed by atoms with E-state index in [1.54, 1.807) is 12.1 Å². The van der Waals surface area contributed by atoms with Crippen molar-refractivity contribution >= 4 is 22.4 Å². The van der Waals surface area contributed by atoms with Crippen LogP contribution in [-0.2, 0) is 0 Å². The summed E-state index contributed by atoms with van der Waals surface area (Å²) >= 11 is 0. The molecule has 1 aliphatic carbocycles. The highest BCUT2D eigenvalue weighted by Crippen LogP contribution is 2.36. The van der Waals surface area contributed by atoms with Crippen LogP contribution in [0.15, 0.2) is 41.5 Å². The standard InChI is InChI=1S/C20H24N2O2/c1-13-8-16(12-20(2,3)11-13)21-22-19(24)17-9-14-6-4-5-7-15(14)10-18(17)23/h4-7,9-10,13,23H,8,11-12H2,1-3H3,(H,22,24)/b21-16+. The molecule has 0 aliphatic heterocycles. The Morgan fingerprint density at radius 3 is 2.58 bits per heavy atom. The van der Waals surface area contributed by atoms with Crippen LogP contribution in [0.4, 0.5) is 0 Å². The summed E-state index contributed by atoms with van der Waals surface area (Å²) in [6.07, 6.45) is 2.97. The van der Waals surface area contributed by atoms with Gasteiger partial charge in [-0.25, -0.2) is 5.43 Å². The summed E-state index contributed by atoms with van der Waals surface area (Å²) < 4.78 is 0. The Hall–Kier alpha value is -2.36. The predicted molar refractivity (Wildman–Crippen MR) is 97.3 cm³/mol. The zero-order valence-electron chi connectivity index (χ0n) is 14.5. The molecule has 1 amide bonds. The minimum absolute atomic E-state index is 0.0243. The monoisotopic (exact) mass is 324 g/mol. The third-order valence-electron chi connectivity index (χ3n) is 4.59. The second kappa shape index (κ2) is 6.27. The van der Waals surface area contributed by atoms with Gasteiger partial charge < -0.3 is 5.11 Å². The van der Waals surface area contributed by atoms with E-state index in [2.05, 4.69) is 31.3 Å². The first-order valence-electron chi connectivity index (χ1n) is 8.42. The number of phenolic OH excluding ortho intramolecular Hbond substituents is 1. The number of nitrogens with zero attached hydrogens (tertiary/aromatic N) is 1. The quantitative estimate of drug-likeness (QED) is 0.800. The number of aromatic hydroxyl groups is 1. The van der Waals surface area contributed by atoms with Gasteiger partial charge in [-0.05, 0) is 53.5 Å². The van der Waals surface area contributed by atoms with Crippen LogP contribution in [0, 0.1) is 11.3 Å². The molecular weight excluding hydrogens is 300 g/mol. The Kier molecular flexibility index (Phi) is 4.31. The molecule has 126 valence electrons. The van der Waals surface area contributed by atoms with E-state index in [0.717, 1.165) is 29.3 Å². The van der Waals surface area contributed by atoms with Gasteiger partial charge >= 0.3 is 0 Å². The minimum Gasteiger partial charge on any atom is -0.507 e. The zero-order chi connectivity index (χ0) is 17.3. The SMILES string of the molecule is CC1C/C(=N\NC(=O)c2cc3ccccc3cc2O)CC(C)(C)C1. The van der Waals surface area contributed by atoms with Crippen LogP contribution < -0.4 is 5.43 Å². The number of phenols is 1. The molecule has 2 aromatic carbocycles. The molecule has 1 unspecified atom stereocenters. The molecule has 24 heavy (non-hydrogen) atoms. The Balaban J connectivity index is 1.80. The first kappa shape index (κ1) is 16.5. The lowest BCUT2D eigenvalue weighted by atomic mass is 9.72. The number of hydrogen-bond donors (Lipinski definition) is 2. The van der Waals surface area contributed by atoms with Crippen LogP contribution in [-0.4, -0.2) is 16.7 Å². The highest BCUT2D eigenvalue weighted by atomic mass is 16.3. The summed E-state index contributed by atoms with van der Waals surface area (Å²) in [6.45, 7) is 6.68. The molecule has 0 bridgehead atoms. The summed E-state index contributed by atoms with van der Waals surface area (Å²) in [5.74, 6) is 0.170. The van der Waals surface area contributed by atoms with Crippen LogP contribution in [0.5, 0.6) is 5.75 Å². The van der Waals surface area contributed by atoms with Gasteiger partial charge in [0.05, 0.1) is 5.56 Å². The van der Waals surface area contributed by atoms with Gasteiger partial charge in [-0.15, -0.1) is 0 Å². The first-order valence-corrected chi connectivity index (χ1v) is 8.42. The molecule has 1 atom stereocenters. The third kappa shape index (κ3) is 3.58. The molecule has 0 aromatic heterocycles. The van der Waals surface area contributed by atoms with E-state index in [9.17, 15) is 9.90 Å². The molecule has 3 rings (SSSR count). The number of carbonyl (C=O) groups excluding carboxylic acids is 1. The van der Waals surface area contributed by atoms with Crippen molar-refractivity contribution in [1.29, 1.82) is 0 Å². The minimum atomic E-state index is -0.373. The lowest BCUT2D eigenvalue weighted by Crippen LogP contribution is -2.30. The molecule has 4 nitrogen and oxygen atoms in total. The summed E-state index contributed by atoms with van der Waals surface area (Å²) in [5, 5.41) is 16.3. The molecule has 1 fully saturated rings. The molecule has 0 saturated heterocycles. The van der Waals surface area contributed by atoms with E-state index in [1.807, 2.05) is 24.3 Å². The van der Waals surface area contributed by atoms with Gasteiger partial charge in [0, 0.05) is 5.71 Å². The van der Waals surface area contributed by atoms with Crippen molar-refractivity contribution in [2.75, 3.05) is 0 Å². The van der Waals surface area contributed by atoms with E-state index in [4.69, 9.17) is 0 Å². The smallest absolute Gasteiger partial charge is 0.275 e. The number of benzene rings is 2. The molecule has 4 heteroatoms. The van der Waals surface area contributed by atoms with Crippen molar-refractivity contribution < 1.29 is 9.90 Å². The van der Waals surface area contributed by atoms with Gasteiger partial charge in [0.1, 0.15) is 5.75 Å². The summed E-state index contributed by atoms with van der Waals surface area (Å²) in [6, 6.07) is 11.0. The van der Waals surface area contributed by atoms with E-state index >= 15 is 0 Å². The fraction of sp³-hybridized carbons (Fsp3) is 0.400. The molecule has 2 aromatic rings. The molecule has 1 saturated carbocycles. The molecular formula is C20H24N2O2. The fourth-order valence-electron chi connectivity index (χ4n) is 3.80. The Labute approximate surface area is 142 Å². The topological polar surface area (TPSA) is 61.7 Å². The van der Waals surface area contributed by atoms with E-state index in [-0.39, 0.29) is 22.6 Å². The maximum absolute atomic E-state index is 12.4. The predicted octanol–water partition coefficient (Wildman–Crippen LogP) is 4.48. The lowest BCUT2D eigenvalue weighted by molar-refractivity contribution is 0.0951. The maximum Gasteiger partial charge on any atom is 0.275 e. The molecule has 1 aliphatic rings. The first-order chi connectivity index (χ1) is 11.3. The second-order valence-electron chi connectivity index (χ2n) is 7.69. The fourth-order valence-corrected chi connectivity index (χ4v) is 3.80. The zero-order valence-corrected chi connectivity index (χ0v) is 14.5. The Morgan fingerprint density at radius 1 is 1.25 bits per heavy atom. The lowest BCUT2D eigenvalue weighted by Gasteiger charge is -2.34. The Bertz CT molecular complexity index is 808. The highest BCUT2D eigenvalue weighted by molar-refractivity contribution is 6.02. The molecule has 0 heterocycles. The van der Waals surface area contributed by atoms with Crippen molar-refractivity contribution in [3.05, 3.63) is 42.0 Å². The second-order valence-corrected chi connectivity index (χ2v) is 7.69. The van der Waals surface area contributed by atoms with Crippen molar-refractivity contribution in [3.8, 4) is 5.75 Å². The summed E-state index contributed by atoms with van der Waals surface area (Å²) in [5.41, 5.74) is 4.11. The van der Waals surface area contributed by atoms with Crippen LogP contribution in [0.2, 0.25) is 0 Å². The van der Waals surface area contributed by atoms with Gasteiger partial charge in [-0.1, -0.05) is 45.0 Å². The van der Waals surface area contributed by atoms with E-state index < -0.39 is 0 Å². The normalized spacial score (nSPS) is 21.8. The average molecular weight is 324 g/mol. The van der Waals surface area contributed by atoms with Crippen LogP contribution >= 0.6 is 0 Å². The Morgan fingerprint density at radius 2 is 1.92 bits per heavy atom. The number of fused-ring (bicyclic) bond motifs is 1. The van der Waals surface area contributed by atoms with Crippen molar-refractivity contribution in [3.63, 3.8) is 0 Å². The van der Waals surface area contributed by atoms with Crippen LogP contribution in [0.3, 0.4) is 0 Å². The van der Waals surface area contributed by atoms with Gasteiger partial charge in [0.15, 0.2) is 0 Å². The van der Waals surface area contributed by atoms with Crippen LogP contribution in [0.1, 0.15) is 50.4 Å². The van der Waals surface area contributed by atoms with Gasteiger partial charge in [-0.3, -0.25) is 4.79 Å². The highest BCUT2D eigenvalue weighted by Gasteiger charge is 2.29. The van der Waals surface area contributed by atoms with Crippen molar-refractivity contribution in [1.82, 2.24) is 5.43 Å². The average Bonchev–Trinajstić information content (AvgIpc) is 2.50. The maximum atomic E-state index is 12.4. The molecule has 0 spiro atoms. The number of nitrogens with one attached hydrogen (secondary N) is 1. The summed E-state index contributed by atoms with van der Waals surface area (Å²) in [4.78, 5) is 12.4. The molecule has 2 N–H and O–H groups in total. The number of carbonyl (C=O) groups is 1.